The first-order valence-electron chi connectivity index (χ1n) is 6.07. The van der Waals surface area contributed by atoms with Crippen LogP contribution in [0.5, 0.6) is 0 Å². The number of likely N-dealkylation sites (N-methyl/N-ethyl adjacent to an activating group) is 1. The highest BCUT2D eigenvalue weighted by Gasteiger charge is 2.11. The first kappa shape index (κ1) is 14.1. The minimum atomic E-state index is -0.154. The number of hydrogen-bond acceptors (Lipinski definition) is 4. The first-order valence-corrected chi connectivity index (χ1v) is 6.07. The van der Waals surface area contributed by atoms with Gasteiger partial charge in [-0.25, -0.2) is 0 Å². The summed E-state index contributed by atoms with van der Waals surface area (Å²) >= 11 is 0. The topological polar surface area (TPSA) is 34.6 Å². The highest BCUT2D eigenvalue weighted by Crippen LogP contribution is 2.03. The van der Waals surface area contributed by atoms with Crippen LogP contribution in [0.1, 0.15) is 19.5 Å². The molecule has 0 aliphatic rings. The van der Waals surface area contributed by atoms with Crippen LogP contribution in [0, 0.1) is 0 Å². The minimum absolute atomic E-state index is 0.154. The fourth-order valence-electron chi connectivity index (χ4n) is 1.61. The van der Waals surface area contributed by atoms with Crippen LogP contribution in [-0.4, -0.2) is 43.0 Å². The molecule has 1 heterocycles. The number of nitrogens with zero attached hydrogens (tertiary/aromatic N) is 2. The van der Waals surface area contributed by atoms with E-state index in [0.29, 0.717) is 13.2 Å². The van der Waals surface area contributed by atoms with Crippen molar-refractivity contribution in [3.63, 3.8) is 0 Å². The molecular formula is C13H22N2O2. The Labute approximate surface area is 104 Å². The van der Waals surface area contributed by atoms with E-state index in [9.17, 15) is 0 Å². The van der Waals surface area contributed by atoms with Crippen LogP contribution in [0.3, 0.4) is 0 Å². The Morgan fingerprint density at radius 1 is 1.24 bits per heavy atom. The maximum Gasteiger partial charge on any atom is 0.170 e. The van der Waals surface area contributed by atoms with Gasteiger partial charge in [0.1, 0.15) is 0 Å². The van der Waals surface area contributed by atoms with Gasteiger partial charge in [0.05, 0.1) is 5.69 Å². The van der Waals surface area contributed by atoms with E-state index in [4.69, 9.17) is 9.47 Å². The molecule has 1 aromatic rings. The van der Waals surface area contributed by atoms with Gasteiger partial charge in [0.15, 0.2) is 6.29 Å². The minimum Gasteiger partial charge on any atom is -0.352 e. The van der Waals surface area contributed by atoms with E-state index in [1.54, 1.807) is 0 Å². The van der Waals surface area contributed by atoms with Crippen LogP contribution < -0.4 is 0 Å². The normalized spacial score (nSPS) is 11.4. The molecule has 1 rings (SSSR count). The van der Waals surface area contributed by atoms with Gasteiger partial charge in [0, 0.05) is 32.5 Å². The third kappa shape index (κ3) is 5.77. The SMILES string of the molecule is CCOC(CN(C)Cc1ccccn1)OCC. The molecule has 0 unspecified atom stereocenters. The quantitative estimate of drug-likeness (QED) is 0.648. The molecule has 0 aliphatic carbocycles. The predicted octanol–water partition coefficient (Wildman–Crippen LogP) is 1.91. The fourth-order valence-corrected chi connectivity index (χ4v) is 1.61. The molecule has 0 saturated heterocycles. The van der Waals surface area contributed by atoms with Crippen LogP contribution in [0.4, 0.5) is 0 Å². The molecule has 0 amide bonds. The van der Waals surface area contributed by atoms with Crippen LogP contribution >= 0.6 is 0 Å². The molecule has 0 aliphatic heterocycles. The van der Waals surface area contributed by atoms with E-state index in [-0.39, 0.29) is 6.29 Å². The summed E-state index contributed by atoms with van der Waals surface area (Å²) in [5.41, 5.74) is 1.06. The first-order chi connectivity index (χ1) is 8.26. The van der Waals surface area contributed by atoms with E-state index in [2.05, 4.69) is 9.88 Å². The van der Waals surface area contributed by atoms with Gasteiger partial charge in [-0.1, -0.05) is 6.07 Å². The van der Waals surface area contributed by atoms with Crippen LogP contribution in [0.2, 0.25) is 0 Å². The van der Waals surface area contributed by atoms with E-state index in [1.807, 2.05) is 45.3 Å². The van der Waals surface area contributed by atoms with Crippen molar-refractivity contribution in [3.8, 4) is 0 Å². The number of ether oxygens (including phenoxy) is 2. The van der Waals surface area contributed by atoms with Gasteiger partial charge in [-0.05, 0) is 33.0 Å². The third-order valence-corrected chi connectivity index (χ3v) is 2.32. The largest absolute Gasteiger partial charge is 0.352 e. The van der Waals surface area contributed by atoms with Crippen molar-refractivity contribution in [3.05, 3.63) is 30.1 Å². The van der Waals surface area contributed by atoms with Crippen molar-refractivity contribution < 1.29 is 9.47 Å². The van der Waals surface area contributed by atoms with Crippen LogP contribution in [0.15, 0.2) is 24.4 Å². The lowest BCUT2D eigenvalue weighted by Gasteiger charge is -2.23. The summed E-state index contributed by atoms with van der Waals surface area (Å²) in [5, 5.41) is 0. The smallest absolute Gasteiger partial charge is 0.170 e. The van der Waals surface area contributed by atoms with Crippen LogP contribution in [-0.2, 0) is 16.0 Å². The number of rotatable bonds is 8. The van der Waals surface area contributed by atoms with Crippen molar-refractivity contribution in [1.29, 1.82) is 0 Å². The summed E-state index contributed by atoms with van der Waals surface area (Å²) in [6, 6.07) is 5.94. The molecule has 0 N–H and O–H groups in total. The van der Waals surface area contributed by atoms with Gasteiger partial charge in [-0.3, -0.25) is 9.88 Å². The average molecular weight is 238 g/mol. The lowest BCUT2D eigenvalue weighted by molar-refractivity contribution is -0.145. The molecule has 0 bridgehead atoms. The van der Waals surface area contributed by atoms with Crippen molar-refractivity contribution in [2.45, 2.75) is 26.7 Å². The van der Waals surface area contributed by atoms with Gasteiger partial charge < -0.3 is 9.47 Å². The Balaban J connectivity index is 2.38. The van der Waals surface area contributed by atoms with Crippen molar-refractivity contribution in [2.24, 2.45) is 0 Å². The highest BCUT2D eigenvalue weighted by atomic mass is 16.7. The summed E-state index contributed by atoms with van der Waals surface area (Å²) in [7, 11) is 2.04. The lowest BCUT2D eigenvalue weighted by Crippen LogP contribution is -2.33. The fraction of sp³-hybridized carbons (Fsp3) is 0.615. The zero-order chi connectivity index (χ0) is 12.5. The summed E-state index contributed by atoms with van der Waals surface area (Å²) in [5.74, 6) is 0. The molecule has 0 radical (unpaired) electrons. The number of aromatic nitrogens is 1. The second-order valence-corrected chi connectivity index (χ2v) is 3.86. The molecule has 96 valence electrons. The lowest BCUT2D eigenvalue weighted by atomic mass is 10.3. The van der Waals surface area contributed by atoms with Gasteiger partial charge in [0.25, 0.3) is 0 Å². The van der Waals surface area contributed by atoms with E-state index >= 15 is 0 Å². The molecule has 0 fully saturated rings. The summed E-state index contributed by atoms with van der Waals surface area (Å²) in [6.45, 7) is 6.84. The maximum absolute atomic E-state index is 5.51. The van der Waals surface area contributed by atoms with E-state index in [0.717, 1.165) is 18.8 Å². The van der Waals surface area contributed by atoms with Crippen molar-refractivity contribution in [2.75, 3.05) is 26.8 Å². The van der Waals surface area contributed by atoms with Gasteiger partial charge >= 0.3 is 0 Å². The zero-order valence-electron chi connectivity index (χ0n) is 10.9. The highest BCUT2D eigenvalue weighted by molar-refractivity contribution is 5.02. The maximum atomic E-state index is 5.51. The second-order valence-electron chi connectivity index (χ2n) is 3.86. The zero-order valence-corrected chi connectivity index (χ0v) is 10.9. The molecule has 4 heteroatoms. The molecule has 1 aromatic heterocycles. The Bertz CT molecular complexity index is 287. The van der Waals surface area contributed by atoms with E-state index in [1.165, 1.54) is 0 Å². The predicted molar refractivity (Wildman–Crippen MR) is 67.6 cm³/mol. The Kier molecular flexibility index (Phi) is 6.77. The Morgan fingerprint density at radius 3 is 2.47 bits per heavy atom. The number of pyridine rings is 1. The molecule has 17 heavy (non-hydrogen) atoms. The molecule has 4 nitrogen and oxygen atoms in total. The Hall–Kier alpha value is -0.970. The van der Waals surface area contributed by atoms with E-state index < -0.39 is 0 Å². The molecule has 0 spiro atoms. The van der Waals surface area contributed by atoms with Gasteiger partial charge in [0.2, 0.25) is 0 Å². The monoisotopic (exact) mass is 238 g/mol. The summed E-state index contributed by atoms with van der Waals surface area (Å²) in [4.78, 5) is 6.45. The molecule has 0 aromatic carbocycles. The van der Waals surface area contributed by atoms with Gasteiger partial charge in [-0.2, -0.15) is 0 Å². The Morgan fingerprint density at radius 2 is 1.94 bits per heavy atom. The molecule has 0 atom stereocenters. The average Bonchev–Trinajstić information content (AvgIpc) is 2.30. The van der Waals surface area contributed by atoms with Crippen LogP contribution in [0.25, 0.3) is 0 Å². The van der Waals surface area contributed by atoms with Gasteiger partial charge in [-0.15, -0.1) is 0 Å². The van der Waals surface area contributed by atoms with Crippen molar-refractivity contribution >= 4 is 0 Å². The third-order valence-electron chi connectivity index (χ3n) is 2.32. The second kappa shape index (κ2) is 8.17. The summed E-state index contributed by atoms with van der Waals surface area (Å²) in [6.07, 6.45) is 1.66. The standard InChI is InChI=1S/C13H22N2O2/c1-4-16-13(17-5-2)11-15(3)10-12-8-6-7-9-14-12/h6-9,13H,4-5,10-11H2,1-3H3. The van der Waals surface area contributed by atoms with Crippen molar-refractivity contribution in [1.82, 2.24) is 9.88 Å². The molecule has 0 saturated carbocycles. The summed E-state index contributed by atoms with van der Waals surface area (Å²) < 4.78 is 11.0. The number of hydrogen-bond donors (Lipinski definition) is 0. The molecular weight excluding hydrogens is 216 g/mol.